The van der Waals surface area contributed by atoms with Gasteiger partial charge in [0, 0.05) is 9.13 Å². The van der Waals surface area contributed by atoms with Crippen molar-refractivity contribution in [1.29, 1.82) is 0 Å². The van der Waals surface area contributed by atoms with E-state index in [0.717, 1.165) is 0 Å². The molecule has 10 heavy (non-hydrogen) atoms. The maximum absolute atomic E-state index is 10.4. The molecule has 1 heterocycles. The van der Waals surface area contributed by atoms with Gasteiger partial charge in [0.15, 0.2) is 4.31 Å². The van der Waals surface area contributed by atoms with Gasteiger partial charge in [0.25, 0.3) is 0 Å². The predicted molar refractivity (Wildman–Crippen MR) is 32.9 cm³/mol. The third kappa shape index (κ3) is 2.36. The van der Waals surface area contributed by atoms with Crippen molar-refractivity contribution in [3.63, 3.8) is 0 Å². The van der Waals surface area contributed by atoms with E-state index in [-0.39, 0.29) is 0 Å². The minimum Gasteiger partial charge on any atom is -0.0403 e. The Morgan fingerprint density at radius 1 is 1.10 bits per heavy atom. The largest absolute Gasteiger partial charge is 0.753 e. The van der Waals surface area contributed by atoms with Crippen LogP contribution >= 0.6 is 39.7 Å². The fraction of sp³-hybridized carbons (Fsp3) is 1.00. The molecule has 0 aliphatic carbocycles. The first-order valence-electron chi connectivity index (χ1n) is 1.88. The van der Waals surface area contributed by atoms with E-state index in [4.69, 9.17) is 23.2 Å². The van der Waals surface area contributed by atoms with Gasteiger partial charge in [-0.15, -0.1) is 0 Å². The highest BCUT2D eigenvalue weighted by Gasteiger charge is 2.60. The molecule has 1 fully saturated rings. The minimum atomic E-state index is -2.54. The second kappa shape index (κ2) is 2.95. The van der Waals surface area contributed by atoms with E-state index in [2.05, 4.69) is 13.4 Å². The Morgan fingerprint density at radius 3 is 1.80 bits per heavy atom. The first-order chi connectivity index (χ1) is 4.49. The van der Waals surface area contributed by atoms with Crippen LogP contribution in [0.5, 0.6) is 0 Å². The molecule has 0 N–H and O–H groups in total. The van der Waals surface area contributed by atoms with Gasteiger partial charge < -0.3 is 0 Å². The highest BCUT2D eigenvalue weighted by atomic mass is 35.5. The smallest absolute Gasteiger partial charge is 0.0403 e. The lowest BCUT2D eigenvalue weighted by Crippen LogP contribution is -2.18. The van der Waals surface area contributed by atoms with Crippen LogP contribution in [0.1, 0.15) is 0 Å². The highest BCUT2D eigenvalue weighted by Crippen LogP contribution is 2.54. The number of hydrogen-bond acceptors (Lipinski definition) is 5. The lowest BCUT2D eigenvalue weighted by molar-refractivity contribution is 0.0132. The molecular formula is CCl2O5P2+2. The fourth-order valence-electron chi connectivity index (χ4n) is 0.278. The average molecular weight is 225 g/mol. The Kier molecular flexibility index (Phi) is 2.59. The number of hydrogen-bond donors (Lipinski definition) is 0. The molecule has 2 atom stereocenters. The average Bonchev–Trinajstić information content (AvgIpc) is 1.54. The molecule has 1 aliphatic heterocycles. The summed E-state index contributed by atoms with van der Waals surface area (Å²) in [6, 6.07) is 0. The van der Waals surface area contributed by atoms with Crippen molar-refractivity contribution in [3.8, 4) is 0 Å². The standard InChI is InChI=1S/CCl2O5P2/c2-1(3)6-9(4)8-10(5)7-1/q+2. The first-order valence-corrected chi connectivity index (χ1v) is 4.83. The van der Waals surface area contributed by atoms with Gasteiger partial charge in [-0.1, -0.05) is 0 Å². The molecule has 56 valence electrons. The van der Waals surface area contributed by atoms with E-state index in [9.17, 15) is 9.13 Å². The molecule has 1 saturated heterocycles. The first kappa shape index (κ1) is 8.75. The van der Waals surface area contributed by atoms with Crippen molar-refractivity contribution >= 4 is 39.7 Å². The van der Waals surface area contributed by atoms with Crippen LogP contribution in [0.25, 0.3) is 0 Å². The molecule has 0 aromatic carbocycles. The van der Waals surface area contributed by atoms with Gasteiger partial charge in [0.2, 0.25) is 0 Å². The molecule has 0 aromatic rings. The van der Waals surface area contributed by atoms with Gasteiger partial charge >= 0.3 is 21.2 Å². The van der Waals surface area contributed by atoms with Crippen LogP contribution in [0.3, 0.4) is 0 Å². The summed E-state index contributed by atoms with van der Waals surface area (Å²) in [5.41, 5.74) is 0. The molecule has 2 unspecified atom stereocenters. The lowest BCUT2D eigenvalue weighted by Gasteiger charge is -2.03. The molecule has 1 rings (SSSR count). The van der Waals surface area contributed by atoms with E-state index < -0.39 is 21.2 Å². The third-order valence-electron chi connectivity index (χ3n) is 0.495. The van der Waals surface area contributed by atoms with Gasteiger partial charge in [0.1, 0.15) is 0 Å². The number of rotatable bonds is 0. The molecule has 0 radical (unpaired) electrons. The van der Waals surface area contributed by atoms with Crippen molar-refractivity contribution < 1.29 is 22.5 Å². The van der Waals surface area contributed by atoms with Gasteiger partial charge in [-0.05, 0) is 32.2 Å². The Morgan fingerprint density at radius 2 is 1.50 bits per heavy atom. The van der Waals surface area contributed by atoms with Crippen LogP contribution in [-0.2, 0) is 22.5 Å². The van der Waals surface area contributed by atoms with Crippen molar-refractivity contribution in [2.75, 3.05) is 0 Å². The maximum Gasteiger partial charge on any atom is 0.753 e. The molecule has 0 aromatic heterocycles. The summed E-state index contributed by atoms with van der Waals surface area (Å²) in [6.07, 6.45) is 0. The molecule has 0 saturated carbocycles. The lowest BCUT2D eigenvalue weighted by atomic mass is 11.5. The van der Waals surface area contributed by atoms with Crippen LogP contribution < -0.4 is 0 Å². The van der Waals surface area contributed by atoms with Crippen LogP contribution in [0.2, 0.25) is 0 Å². The molecule has 9 heteroatoms. The van der Waals surface area contributed by atoms with E-state index in [1.54, 1.807) is 0 Å². The Bertz CT molecular complexity index is 172. The monoisotopic (exact) mass is 224 g/mol. The van der Waals surface area contributed by atoms with Crippen molar-refractivity contribution in [1.82, 2.24) is 0 Å². The van der Waals surface area contributed by atoms with E-state index in [1.807, 2.05) is 0 Å². The molecule has 0 bridgehead atoms. The van der Waals surface area contributed by atoms with Crippen LogP contribution in [0.4, 0.5) is 0 Å². The summed E-state index contributed by atoms with van der Waals surface area (Å²) in [7, 11) is -5.08. The van der Waals surface area contributed by atoms with Crippen LogP contribution in [0, 0.1) is 0 Å². The van der Waals surface area contributed by atoms with Crippen molar-refractivity contribution in [2.24, 2.45) is 0 Å². The van der Waals surface area contributed by atoms with Crippen molar-refractivity contribution in [3.05, 3.63) is 0 Å². The predicted octanol–water partition coefficient (Wildman–Crippen LogP) is 2.45. The number of halogens is 2. The van der Waals surface area contributed by atoms with Crippen LogP contribution in [0.15, 0.2) is 0 Å². The summed E-state index contributed by atoms with van der Waals surface area (Å²) in [6.45, 7) is 0. The van der Waals surface area contributed by atoms with Crippen LogP contribution in [-0.4, -0.2) is 4.71 Å². The normalized spacial score (nSPS) is 32.2. The second-order valence-corrected chi connectivity index (χ2v) is 4.28. The van der Waals surface area contributed by atoms with E-state index in [1.165, 1.54) is 0 Å². The zero-order valence-electron chi connectivity index (χ0n) is 4.19. The Hall–Kier alpha value is 0.660. The van der Waals surface area contributed by atoms with Gasteiger partial charge in [-0.3, -0.25) is 0 Å². The highest BCUT2D eigenvalue weighted by molar-refractivity contribution is 7.48. The maximum atomic E-state index is 10.4. The molecule has 0 amide bonds. The zero-order chi connectivity index (χ0) is 7.78. The number of alkyl halides is 2. The molecule has 5 nitrogen and oxygen atoms in total. The summed E-state index contributed by atoms with van der Waals surface area (Å²) in [5, 5.41) is 0. The SMILES string of the molecule is O=[P+]1O[P+](=O)OC(Cl)(Cl)O1. The van der Waals surface area contributed by atoms with E-state index >= 15 is 0 Å². The summed E-state index contributed by atoms with van der Waals surface area (Å²) in [4.78, 5) is 0. The molecule has 0 spiro atoms. The fourth-order valence-corrected chi connectivity index (χ4v) is 2.14. The molecular weight excluding hydrogens is 225 g/mol. The van der Waals surface area contributed by atoms with Gasteiger partial charge in [-0.2, -0.15) is 0 Å². The summed E-state index contributed by atoms with van der Waals surface area (Å²) < 4.78 is 30.9. The Balaban J connectivity index is 2.68. The van der Waals surface area contributed by atoms with Crippen molar-refractivity contribution in [2.45, 2.75) is 4.71 Å². The van der Waals surface area contributed by atoms with Gasteiger partial charge in [0.05, 0.1) is 0 Å². The minimum absolute atomic E-state index is 2.13. The van der Waals surface area contributed by atoms with Gasteiger partial charge in [-0.25, -0.2) is 0 Å². The second-order valence-electron chi connectivity index (χ2n) is 1.17. The summed E-state index contributed by atoms with van der Waals surface area (Å²) in [5.74, 6) is 0. The zero-order valence-corrected chi connectivity index (χ0v) is 7.49. The Labute approximate surface area is 67.4 Å². The van der Waals surface area contributed by atoms with E-state index in [0.29, 0.717) is 0 Å². The summed E-state index contributed by atoms with van der Waals surface area (Å²) >= 11 is 10.3. The quantitative estimate of drug-likeness (QED) is 0.467. The third-order valence-corrected chi connectivity index (χ3v) is 3.11. The topological polar surface area (TPSA) is 61.8 Å². The molecule has 1 aliphatic rings.